The van der Waals surface area contributed by atoms with E-state index in [-0.39, 0.29) is 17.9 Å². The van der Waals surface area contributed by atoms with Crippen molar-refractivity contribution in [2.45, 2.75) is 46.1 Å². The van der Waals surface area contributed by atoms with Gasteiger partial charge < -0.3 is 11.1 Å². The van der Waals surface area contributed by atoms with Crippen LogP contribution in [0.3, 0.4) is 0 Å². The van der Waals surface area contributed by atoms with E-state index in [0.29, 0.717) is 18.1 Å². The van der Waals surface area contributed by atoms with E-state index >= 15 is 0 Å². The van der Waals surface area contributed by atoms with Gasteiger partial charge >= 0.3 is 0 Å². The van der Waals surface area contributed by atoms with Gasteiger partial charge in [0, 0.05) is 40.8 Å². The Morgan fingerprint density at radius 2 is 2.00 bits per heavy atom. The van der Waals surface area contributed by atoms with Crippen molar-refractivity contribution in [3.8, 4) is 0 Å². The zero-order valence-electron chi connectivity index (χ0n) is 11.2. The van der Waals surface area contributed by atoms with Crippen LogP contribution in [0.15, 0.2) is 0 Å². The molecule has 0 bridgehead atoms. The van der Waals surface area contributed by atoms with Gasteiger partial charge in [0.1, 0.15) is 0 Å². The highest BCUT2D eigenvalue weighted by Crippen LogP contribution is 2.08. The van der Waals surface area contributed by atoms with Crippen LogP contribution in [0.25, 0.3) is 0 Å². The standard InChI is InChI=1S/C12H26N2O2S/c1-4-17(16)9-8-14-12(15)10(2)6-5-7-11(3)13/h10-11H,4-9,13H2,1-3H3,(H,14,15). The first-order chi connectivity index (χ1) is 7.97. The number of hydrogen-bond donors (Lipinski definition) is 2. The second-order valence-electron chi connectivity index (χ2n) is 4.53. The molecule has 1 amide bonds. The topological polar surface area (TPSA) is 72.2 Å². The summed E-state index contributed by atoms with van der Waals surface area (Å²) in [4.78, 5) is 11.6. The summed E-state index contributed by atoms with van der Waals surface area (Å²) >= 11 is 0. The van der Waals surface area contributed by atoms with Crippen molar-refractivity contribution in [3.05, 3.63) is 0 Å². The van der Waals surface area contributed by atoms with E-state index in [1.54, 1.807) is 0 Å². The van der Waals surface area contributed by atoms with Crippen LogP contribution in [-0.4, -0.2) is 34.2 Å². The lowest BCUT2D eigenvalue weighted by molar-refractivity contribution is -0.124. The Kier molecular flexibility index (Phi) is 9.36. The Morgan fingerprint density at radius 3 is 2.53 bits per heavy atom. The highest BCUT2D eigenvalue weighted by molar-refractivity contribution is 7.84. The van der Waals surface area contributed by atoms with E-state index in [0.717, 1.165) is 19.3 Å². The number of amides is 1. The Bertz CT molecular complexity index is 245. The molecule has 4 nitrogen and oxygen atoms in total. The molecule has 0 aromatic rings. The summed E-state index contributed by atoms with van der Waals surface area (Å²) in [5.74, 6) is 1.28. The van der Waals surface area contributed by atoms with Crippen LogP contribution in [0.4, 0.5) is 0 Å². The van der Waals surface area contributed by atoms with Crippen LogP contribution in [-0.2, 0) is 15.6 Å². The van der Waals surface area contributed by atoms with E-state index < -0.39 is 10.8 Å². The molecule has 3 unspecified atom stereocenters. The van der Waals surface area contributed by atoms with Crippen molar-refractivity contribution in [1.29, 1.82) is 0 Å². The van der Waals surface area contributed by atoms with Gasteiger partial charge in [-0.1, -0.05) is 20.3 Å². The third kappa shape index (κ3) is 9.30. The molecule has 0 aliphatic heterocycles. The Hall–Kier alpha value is -0.420. The summed E-state index contributed by atoms with van der Waals surface area (Å²) in [6, 6.07) is 0.206. The van der Waals surface area contributed by atoms with Gasteiger partial charge in [0.15, 0.2) is 0 Å². The molecule has 0 spiro atoms. The molecule has 17 heavy (non-hydrogen) atoms. The van der Waals surface area contributed by atoms with Crippen molar-refractivity contribution >= 4 is 16.7 Å². The average Bonchev–Trinajstić information content (AvgIpc) is 2.27. The number of carbonyl (C=O) groups excluding carboxylic acids is 1. The van der Waals surface area contributed by atoms with Gasteiger partial charge in [-0.2, -0.15) is 0 Å². The van der Waals surface area contributed by atoms with E-state index in [1.165, 1.54) is 0 Å². The molecule has 0 aromatic carbocycles. The summed E-state index contributed by atoms with van der Waals surface area (Å²) in [6.45, 7) is 6.30. The summed E-state index contributed by atoms with van der Waals surface area (Å²) in [6.07, 6.45) is 2.80. The van der Waals surface area contributed by atoms with Gasteiger partial charge in [0.25, 0.3) is 0 Å². The predicted octanol–water partition coefficient (Wildman–Crippen LogP) is 1.02. The lowest BCUT2D eigenvalue weighted by atomic mass is 10.0. The molecular weight excluding hydrogens is 236 g/mol. The molecule has 0 fully saturated rings. The first-order valence-corrected chi connectivity index (χ1v) is 7.84. The summed E-state index contributed by atoms with van der Waals surface area (Å²) < 4.78 is 11.2. The van der Waals surface area contributed by atoms with Crippen molar-refractivity contribution in [3.63, 3.8) is 0 Å². The highest BCUT2D eigenvalue weighted by Gasteiger charge is 2.12. The monoisotopic (exact) mass is 262 g/mol. The average molecular weight is 262 g/mol. The third-order valence-electron chi connectivity index (χ3n) is 2.70. The molecule has 0 heterocycles. The van der Waals surface area contributed by atoms with Crippen molar-refractivity contribution in [2.75, 3.05) is 18.1 Å². The summed E-state index contributed by atoms with van der Waals surface area (Å²) in [7, 11) is -0.799. The molecule has 0 aromatic heterocycles. The molecule has 3 atom stereocenters. The number of carbonyl (C=O) groups is 1. The quantitative estimate of drug-likeness (QED) is 0.652. The molecule has 3 N–H and O–H groups in total. The minimum absolute atomic E-state index is 0.0174. The van der Waals surface area contributed by atoms with E-state index in [2.05, 4.69) is 5.32 Å². The van der Waals surface area contributed by atoms with Gasteiger partial charge in [0.2, 0.25) is 5.91 Å². The lowest BCUT2D eigenvalue weighted by Gasteiger charge is -2.12. The van der Waals surface area contributed by atoms with Crippen molar-refractivity contribution in [2.24, 2.45) is 11.7 Å². The fourth-order valence-electron chi connectivity index (χ4n) is 1.48. The van der Waals surface area contributed by atoms with Gasteiger partial charge in [-0.3, -0.25) is 9.00 Å². The largest absolute Gasteiger partial charge is 0.355 e. The van der Waals surface area contributed by atoms with Gasteiger partial charge in [0.05, 0.1) is 0 Å². The van der Waals surface area contributed by atoms with Crippen molar-refractivity contribution in [1.82, 2.24) is 5.32 Å². The van der Waals surface area contributed by atoms with Crippen LogP contribution < -0.4 is 11.1 Å². The molecule has 0 saturated carbocycles. The first-order valence-electron chi connectivity index (χ1n) is 6.35. The molecule has 0 rings (SSSR count). The highest BCUT2D eigenvalue weighted by atomic mass is 32.2. The second-order valence-corrected chi connectivity index (χ2v) is 6.40. The van der Waals surface area contributed by atoms with E-state index in [9.17, 15) is 9.00 Å². The van der Waals surface area contributed by atoms with Gasteiger partial charge in [-0.25, -0.2) is 0 Å². The fourth-order valence-corrected chi connectivity index (χ4v) is 2.10. The first kappa shape index (κ1) is 16.6. The zero-order chi connectivity index (χ0) is 13.3. The van der Waals surface area contributed by atoms with Crippen LogP contribution >= 0.6 is 0 Å². The maximum absolute atomic E-state index is 11.6. The Labute approximate surface area is 107 Å². The van der Waals surface area contributed by atoms with Crippen LogP contribution in [0.5, 0.6) is 0 Å². The van der Waals surface area contributed by atoms with Gasteiger partial charge in [-0.15, -0.1) is 0 Å². The molecule has 102 valence electrons. The molecular formula is C12H26N2O2S. The maximum atomic E-state index is 11.6. The summed E-state index contributed by atoms with van der Waals surface area (Å²) in [5, 5.41) is 2.82. The number of hydrogen-bond acceptors (Lipinski definition) is 3. The zero-order valence-corrected chi connectivity index (χ0v) is 12.0. The van der Waals surface area contributed by atoms with E-state index in [4.69, 9.17) is 5.73 Å². The molecule has 0 aliphatic rings. The molecule has 0 aliphatic carbocycles. The molecule has 0 radical (unpaired) electrons. The number of nitrogens with one attached hydrogen (secondary N) is 1. The van der Waals surface area contributed by atoms with Crippen LogP contribution in [0.1, 0.15) is 40.0 Å². The van der Waals surface area contributed by atoms with Crippen LogP contribution in [0.2, 0.25) is 0 Å². The van der Waals surface area contributed by atoms with Crippen molar-refractivity contribution < 1.29 is 9.00 Å². The normalized spacial score (nSPS) is 16.2. The van der Waals surface area contributed by atoms with Gasteiger partial charge in [-0.05, 0) is 19.8 Å². The predicted molar refractivity (Wildman–Crippen MR) is 73.2 cm³/mol. The number of rotatable bonds is 9. The fraction of sp³-hybridized carbons (Fsp3) is 0.917. The SMILES string of the molecule is CCS(=O)CCNC(=O)C(C)CCCC(C)N. The summed E-state index contributed by atoms with van der Waals surface area (Å²) in [5.41, 5.74) is 5.65. The van der Waals surface area contributed by atoms with Crippen LogP contribution in [0, 0.1) is 5.92 Å². The maximum Gasteiger partial charge on any atom is 0.222 e. The van der Waals surface area contributed by atoms with E-state index in [1.807, 2.05) is 20.8 Å². The Morgan fingerprint density at radius 1 is 1.35 bits per heavy atom. The smallest absolute Gasteiger partial charge is 0.222 e. The molecule has 5 heteroatoms. The Balaban J connectivity index is 3.64. The minimum Gasteiger partial charge on any atom is -0.355 e. The second kappa shape index (κ2) is 9.59. The third-order valence-corrected chi connectivity index (χ3v) is 4.00. The number of nitrogens with two attached hydrogens (primary N) is 1. The molecule has 0 saturated heterocycles. The minimum atomic E-state index is -0.799. The lowest BCUT2D eigenvalue weighted by Crippen LogP contribution is -2.32.